The molecular formula is C19H20FNO5. The SMILES string of the molecule is CC(Oc1ccccc1F)C(=O)NC(C)c1ccc(OCC(=O)O)cc1. The number of nitrogens with one attached hydrogen (secondary N) is 1. The van der Waals surface area contributed by atoms with Crippen LogP contribution in [0.5, 0.6) is 11.5 Å². The Bertz CT molecular complexity index is 763. The second-order valence-electron chi connectivity index (χ2n) is 5.67. The first-order valence-electron chi connectivity index (χ1n) is 8.03. The number of aliphatic carboxylic acids is 1. The normalized spacial score (nSPS) is 12.7. The van der Waals surface area contributed by atoms with Gasteiger partial charge in [-0.25, -0.2) is 9.18 Å². The van der Waals surface area contributed by atoms with Crippen LogP contribution in [0.25, 0.3) is 0 Å². The summed E-state index contributed by atoms with van der Waals surface area (Å²) in [5, 5.41) is 11.4. The zero-order valence-electron chi connectivity index (χ0n) is 14.4. The third-order valence-electron chi connectivity index (χ3n) is 3.61. The molecule has 2 unspecified atom stereocenters. The van der Waals surface area contributed by atoms with Crippen molar-refractivity contribution in [1.29, 1.82) is 0 Å². The maximum Gasteiger partial charge on any atom is 0.341 e. The van der Waals surface area contributed by atoms with E-state index in [0.717, 1.165) is 5.56 Å². The minimum atomic E-state index is -1.06. The van der Waals surface area contributed by atoms with Gasteiger partial charge in [-0.2, -0.15) is 0 Å². The lowest BCUT2D eigenvalue weighted by molar-refractivity contribution is -0.139. The van der Waals surface area contributed by atoms with E-state index in [1.807, 2.05) is 0 Å². The molecule has 0 aliphatic rings. The van der Waals surface area contributed by atoms with E-state index in [4.69, 9.17) is 14.6 Å². The van der Waals surface area contributed by atoms with Crippen LogP contribution in [-0.4, -0.2) is 29.7 Å². The number of hydrogen-bond acceptors (Lipinski definition) is 4. The van der Waals surface area contributed by atoms with E-state index in [-0.39, 0.29) is 17.7 Å². The van der Waals surface area contributed by atoms with E-state index >= 15 is 0 Å². The Morgan fingerprint density at radius 2 is 1.77 bits per heavy atom. The topological polar surface area (TPSA) is 84.9 Å². The van der Waals surface area contributed by atoms with Crippen LogP contribution in [0, 0.1) is 5.82 Å². The lowest BCUT2D eigenvalue weighted by atomic mass is 10.1. The molecule has 138 valence electrons. The van der Waals surface area contributed by atoms with Crippen molar-refractivity contribution in [3.05, 3.63) is 59.9 Å². The number of rotatable bonds is 8. The third-order valence-corrected chi connectivity index (χ3v) is 3.61. The first-order valence-corrected chi connectivity index (χ1v) is 8.03. The van der Waals surface area contributed by atoms with Gasteiger partial charge in [0.1, 0.15) is 5.75 Å². The molecular weight excluding hydrogens is 341 g/mol. The van der Waals surface area contributed by atoms with E-state index < -0.39 is 24.5 Å². The van der Waals surface area contributed by atoms with Crippen molar-refractivity contribution >= 4 is 11.9 Å². The third kappa shape index (κ3) is 5.47. The molecule has 0 heterocycles. The van der Waals surface area contributed by atoms with Gasteiger partial charge in [0.15, 0.2) is 24.3 Å². The fourth-order valence-corrected chi connectivity index (χ4v) is 2.20. The molecule has 0 aromatic heterocycles. The minimum absolute atomic E-state index is 0.0164. The molecule has 0 aliphatic heterocycles. The molecule has 2 aromatic carbocycles. The summed E-state index contributed by atoms with van der Waals surface area (Å²) in [6.07, 6.45) is -0.868. The number of halogens is 1. The predicted octanol–water partition coefficient (Wildman–Crippen LogP) is 2.93. The van der Waals surface area contributed by atoms with Crippen molar-refractivity contribution in [1.82, 2.24) is 5.32 Å². The van der Waals surface area contributed by atoms with Crippen LogP contribution in [0.3, 0.4) is 0 Å². The molecule has 7 heteroatoms. The molecule has 2 atom stereocenters. The summed E-state index contributed by atoms with van der Waals surface area (Å²) in [7, 11) is 0. The summed E-state index contributed by atoms with van der Waals surface area (Å²) in [4.78, 5) is 22.7. The first kappa shape index (κ1) is 19.2. The summed E-state index contributed by atoms with van der Waals surface area (Å²) in [5.74, 6) is -1.53. The highest BCUT2D eigenvalue weighted by Crippen LogP contribution is 2.19. The number of hydrogen-bond donors (Lipinski definition) is 2. The van der Waals surface area contributed by atoms with Crippen molar-refractivity contribution in [2.24, 2.45) is 0 Å². The maximum atomic E-state index is 13.6. The smallest absolute Gasteiger partial charge is 0.341 e. The minimum Gasteiger partial charge on any atom is -0.482 e. The average Bonchev–Trinajstić information content (AvgIpc) is 2.62. The monoisotopic (exact) mass is 361 g/mol. The summed E-state index contributed by atoms with van der Waals surface area (Å²) < 4.78 is 24.0. The van der Waals surface area contributed by atoms with E-state index in [1.165, 1.54) is 19.1 Å². The summed E-state index contributed by atoms with van der Waals surface area (Å²) in [6, 6.07) is 12.3. The van der Waals surface area contributed by atoms with Crippen LogP contribution >= 0.6 is 0 Å². The lowest BCUT2D eigenvalue weighted by Gasteiger charge is -2.19. The Kier molecular flexibility index (Phi) is 6.54. The highest BCUT2D eigenvalue weighted by molar-refractivity contribution is 5.81. The van der Waals surface area contributed by atoms with Gasteiger partial charge in [-0.05, 0) is 43.7 Å². The zero-order valence-corrected chi connectivity index (χ0v) is 14.4. The number of ether oxygens (including phenoxy) is 2. The second kappa shape index (κ2) is 8.84. The van der Waals surface area contributed by atoms with Crippen LogP contribution in [-0.2, 0) is 9.59 Å². The maximum absolute atomic E-state index is 13.6. The number of para-hydroxylation sites is 1. The van der Waals surface area contributed by atoms with Crippen molar-refractivity contribution in [2.45, 2.75) is 26.0 Å². The van der Waals surface area contributed by atoms with Gasteiger partial charge in [0.25, 0.3) is 5.91 Å². The molecule has 0 aliphatic carbocycles. The van der Waals surface area contributed by atoms with Crippen molar-refractivity contribution < 1.29 is 28.6 Å². The van der Waals surface area contributed by atoms with Gasteiger partial charge in [-0.3, -0.25) is 4.79 Å². The van der Waals surface area contributed by atoms with Crippen LogP contribution in [0.2, 0.25) is 0 Å². The number of amides is 1. The van der Waals surface area contributed by atoms with Gasteiger partial charge in [0.2, 0.25) is 0 Å². The fourth-order valence-electron chi connectivity index (χ4n) is 2.20. The molecule has 0 bridgehead atoms. The van der Waals surface area contributed by atoms with Crippen LogP contribution in [0.15, 0.2) is 48.5 Å². The average molecular weight is 361 g/mol. The number of benzene rings is 2. The Balaban J connectivity index is 1.91. The van der Waals surface area contributed by atoms with Crippen molar-refractivity contribution in [3.8, 4) is 11.5 Å². The Labute approximate surface area is 150 Å². The van der Waals surface area contributed by atoms with Crippen LogP contribution in [0.4, 0.5) is 4.39 Å². The fraction of sp³-hybridized carbons (Fsp3) is 0.263. The van der Waals surface area contributed by atoms with Gasteiger partial charge >= 0.3 is 5.97 Å². The largest absolute Gasteiger partial charge is 0.482 e. The number of carboxylic acids is 1. The quantitative estimate of drug-likeness (QED) is 0.755. The Hall–Kier alpha value is -3.09. The predicted molar refractivity (Wildman–Crippen MR) is 92.6 cm³/mol. The molecule has 26 heavy (non-hydrogen) atoms. The number of carboxylic acid groups (broad SMARTS) is 1. The summed E-state index contributed by atoms with van der Waals surface area (Å²) in [6.45, 7) is 2.91. The molecule has 2 rings (SSSR count). The Morgan fingerprint density at radius 3 is 2.38 bits per heavy atom. The van der Waals surface area contributed by atoms with Gasteiger partial charge in [0, 0.05) is 0 Å². The second-order valence-corrected chi connectivity index (χ2v) is 5.67. The molecule has 0 radical (unpaired) electrons. The summed E-state index contributed by atoms with van der Waals surface area (Å²) >= 11 is 0. The molecule has 6 nitrogen and oxygen atoms in total. The van der Waals surface area contributed by atoms with Gasteiger partial charge < -0.3 is 19.9 Å². The molecule has 2 N–H and O–H groups in total. The molecule has 2 aromatic rings. The zero-order chi connectivity index (χ0) is 19.1. The summed E-state index contributed by atoms with van der Waals surface area (Å²) in [5.41, 5.74) is 0.805. The van der Waals surface area contributed by atoms with E-state index in [1.54, 1.807) is 43.3 Å². The molecule has 1 amide bonds. The van der Waals surface area contributed by atoms with Crippen LogP contribution < -0.4 is 14.8 Å². The van der Waals surface area contributed by atoms with Crippen LogP contribution in [0.1, 0.15) is 25.5 Å². The van der Waals surface area contributed by atoms with E-state index in [9.17, 15) is 14.0 Å². The Morgan fingerprint density at radius 1 is 1.12 bits per heavy atom. The lowest BCUT2D eigenvalue weighted by Crippen LogP contribution is -2.37. The molecule has 0 spiro atoms. The molecule has 0 saturated carbocycles. The number of carbonyl (C=O) groups is 2. The standard InChI is InChI=1S/C19H20FNO5/c1-12(14-7-9-15(10-8-14)25-11-18(22)23)21-19(24)13(2)26-17-6-4-3-5-16(17)20/h3-10,12-13H,11H2,1-2H3,(H,21,24)(H,22,23). The van der Waals surface area contributed by atoms with Gasteiger partial charge in [-0.1, -0.05) is 24.3 Å². The van der Waals surface area contributed by atoms with Crippen molar-refractivity contribution in [3.63, 3.8) is 0 Å². The first-order chi connectivity index (χ1) is 12.4. The molecule has 0 saturated heterocycles. The van der Waals surface area contributed by atoms with Gasteiger partial charge in [0.05, 0.1) is 6.04 Å². The van der Waals surface area contributed by atoms with Gasteiger partial charge in [-0.15, -0.1) is 0 Å². The highest BCUT2D eigenvalue weighted by atomic mass is 19.1. The van der Waals surface area contributed by atoms with Crippen molar-refractivity contribution in [2.75, 3.05) is 6.61 Å². The molecule has 0 fully saturated rings. The highest BCUT2D eigenvalue weighted by Gasteiger charge is 2.19. The number of carbonyl (C=O) groups excluding carboxylic acids is 1. The van der Waals surface area contributed by atoms with E-state index in [0.29, 0.717) is 5.75 Å². The van der Waals surface area contributed by atoms with E-state index in [2.05, 4.69) is 5.32 Å².